The molecule has 3 nitrogen and oxygen atoms in total. The number of rotatable bonds is 6. The van der Waals surface area contributed by atoms with Crippen LogP contribution in [0.2, 0.25) is 0 Å². The summed E-state index contributed by atoms with van der Waals surface area (Å²) in [4.78, 5) is 0. The van der Waals surface area contributed by atoms with Gasteiger partial charge in [0.25, 0.3) is 0 Å². The monoisotopic (exact) mass is 280 g/mol. The Morgan fingerprint density at radius 1 is 1.15 bits per heavy atom. The largest absolute Gasteiger partial charge is 0.497 e. The Hall–Kier alpha value is -1.22. The number of hydrogen-bond acceptors (Lipinski definition) is 3. The van der Waals surface area contributed by atoms with E-state index in [1.165, 1.54) is 0 Å². The molecule has 0 heterocycles. The molecule has 0 aliphatic rings. The van der Waals surface area contributed by atoms with Gasteiger partial charge in [-0.1, -0.05) is 27.7 Å². The van der Waals surface area contributed by atoms with Crippen LogP contribution < -0.4 is 9.47 Å². The van der Waals surface area contributed by atoms with Gasteiger partial charge in [0, 0.05) is 5.56 Å². The van der Waals surface area contributed by atoms with Crippen molar-refractivity contribution < 1.29 is 14.6 Å². The normalized spacial score (nSPS) is 14.8. The molecule has 0 saturated carbocycles. The SMILES string of the molecule is COc1ccc(OC)c(C(O)CC(C)CC(C)(C)C)c1. The summed E-state index contributed by atoms with van der Waals surface area (Å²) in [5.41, 5.74) is 1.07. The number of hydrogen-bond donors (Lipinski definition) is 1. The predicted octanol–water partition coefficient (Wildman–Crippen LogP) is 4.20. The highest BCUT2D eigenvalue weighted by atomic mass is 16.5. The van der Waals surface area contributed by atoms with Gasteiger partial charge in [0.05, 0.1) is 20.3 Å². The highest BCUT2D eigenvalue weighted by Gasteiger charge is 2.21. The fourth-order valence-electron chi connectivity index (χ4n) is 2.74. The van der Waals surface area contributed by atoms with Crippen molar-refractivity contribution in [3.05, 3.63) is 23.8 Å². The highest BCUT2D eigenvalue weighted by molar-refractivity contribution is 5.41. The van der Waals surface area contributed by atoms with E-state index in [4.69, 9.17) is 9.47 Å². The smallest absolute Gasteiger partial charge is 0.124 e. The molecular weight excluding hydrogens is 252 g/mol. The summed E-state index contributed by atoms with van der Waals surface area (Å²) in [6, 6.07) is 5.53. The van der Waals surface area contributed by atoms with E-state index >= 15 is 0 Å². The third-order valence-electron chi connectivity index (χ3n) is 3.38. The molecule has 20 heavy (non-hydrogen) atoms. The molecule has 0 radical (unpaired) electrons. The number of methoxy groups -OCH3 is 2. The summed E-state index contributed by atoms with van der Waals surface area (Å²) < 4.78 is 10.6. The Kier molecular flexibility index (Phi) is 5.88. The van der Waals surface area contributed by atoms with E-state index < -0.39 is 6.10 Å². The molecule has 2 unspecified atom stereocenters. The summed E-state index contributed by atoms with van der Waals surface area (Å²) in [5.74, 6) is 1.89. The fraction of sp³-hybridized carbons (Fsp3) is 0.647. The molecule has 1 rings (SSSR count). The minimum atomic E-state index is -0.530. The fourth-order valence-corrected chi connectivity index (χ4v) is 2.74. The molecule has 0 aliphatic heterocycles. The minimum Gasteiger partial charge on any atom is -0.497 e. The molecule has 1 aromatic carbocycles. The first-order valence-corrected chi connectivity index (χ1v) is 7.17. The topological polar surface area (TPSA) is 38.7 Å². The Bertz CT molecular complexity index is 421. The molecule has 0 aliphatic carbocycles. The lowest BCUT2D eigenvalue weighted by atomic mass is 9.82. The lowest BCUT2D eigenvalue weighted by Crippen LogP contribution is -2.14. The highest BCUT2D eigenvalue weighted by Crippen LogP contribution is 2.35. The number of aliphatic hydroxyl groups excluding tert-OH is 1. The third-order valence-corrected chi connectivity index (χ3v) is 3.38. The van der Waals surface area contributed by atoms with Crippen LogP contribution in [-0.2, 0) is 0 Å². The molecule has 0 saturated heterocycles. The Labute approximate surface area is 122 Å². The zero-order valence-electron chi connectivity index (χ0n) is 13.6. The summed E-state index contributed by atoms with van der Waals surface area (Å²) in [6.07, 6.45) is 1.27. The van der Waals surface area contributed by atoms with Crippen LogP contribution in [0.4, 0.5) is 0 Å². The van der Waals surface area contributed by atoms with E-state index in [1.807, 2.05) is 18.2 Å². The van der Waals surface area contributed by atoms with Gasteiger partial charge in [0.15, 0.2) is 0 Å². The maximum absolute atomic E-state index is 10.5. The number of benzene rings is 1. The molecule has 0 spiro atoms. The van der Waals surface area contributed by atoms with Crippen LogP contribution in [0.15, 0.2) is 18.2 Å². The molecular formula is C17H28O3. The van der Waals surface area contributed by atoms with Crippen LogP contribution in [0.1, 0.15) is 52.2 Å². The Balaban J connectivity index is 2.82. The van der Waals surface area contributed by atoms with Gasteiger partial charge in [-0.15, -0.1) is 0 Å². The van der Waals surface area contributed by atoms with E-state index in [9.17, 15) is 5.11 Å². The van der Waals surface area contributed by atoms with E-state index in [2.05, 4.69) is 27.7 Å². The molecule has 0 fully saturated rings. The first-order chi connectivity index (χ1) is 9.26. The second-order valence-corrected chi connectivity index (χ2v) is 6.73. The average molecular weight is 280 g/mol. The molecule has 114 valence electrons. The van der Waals surface area contributed by atoms with Gasteiger partial charge in [-0.05, 0) is 42.4 Å². The van der Waals surface area contributed by atoms with Crippen LogP contribution in [0.3, 0.4) is 0 Å². The maximum Gasteiger partial charge on any atom is 0.124 e. The summed E-state index contributed by atoms with van der Waals surface area (Å²) in [6.45, 7) is 8.85. The standard InChI is InChI=1S/C17H28O3/c1-12(11-17(2,3)4)9-15(18)14-10-13(19-5)7-8-16(14)20-6/h7-8,10,12,15,18H,9,11H2,1-6H3. The third kappa shape index (κ3) is 5.04. The molecule has 1 N–H and O–H groups in total. The van der Waals surface area contributed by atoms with Crippen LogP contribution in [0.5, 0.6) is 11.5 Å². The van der Waals surface area contributed by atoms with Gasteiger partial charge in [0.2, 0.25) is 0 Å². The van der Waals surface area contributed by atoms with Crippen LogP contribution in [0.25, 0.3) is 0 Å². The van der Waals surface area contributed by atoms with E-state index in [1.54, 1.807) is 14.2 Å². The lowest BCUT2D eigenvalue weighted by molar-refractivity contribution is 0.131. The molecule has 0 bridgehead atoms. The van der Waals surface area contributed by atoms with Crippen molar-refractivity contribution in [3.8, 4) is 11.5 Å². The van der Waals surface area contributed by atoms with E-state index in [0.29, 0.717) is 11.7 Å². The zero-order chi connectivity index (χ0) is 15.3. The zero-order valence-corrected chi connectivity index (χ0v) is 13.6. The first-order valence-electron chi connectivity index (χ1n) is 7.17. The van der Waals surface area contributed by atoms with Gasteiger partial charge in [0.1, 0.15) is 11.5 Å². The number of ether oxygens (including phenoxy) is 2. The van der Waals surface area contributed by atoms with Crippen molar-refractivity contribution in [2.45, 2.75) is 46.6 Å². The van der Waals surface area contributed by atoms with Gasteiger partial charge in [-0.25, -0.2) is 0 Å². The Morgan fingerprint density at radius 2 is 1.80 bits per heavy atom. The van der Waals surface area contributed by atoms with Crippen molar-refractivity contribution in [2.75, 3.05) is 14.2 Å². The van der Waals surface area contributed by atoms with Crippen molar-refractivity contribution >= 4 is 0 Å². The summed E-state index contributed by atoms with van der Waals surface area (Å²) in [7, 11) is 3.25. The molecule has 1 aromatic rings. The number of aliphatic hydroxyl groups is 1. The van der Waals surface area contributed by atoms with Gasteiger partial charge in [-0.2, -0.15) is 0 Å². The maximum atomic E-state index is 10.5. The average Bonchev–Trinajstić information content (AvgIpc) is 2.35. The van der Waals surface area contributed by atoms with E-state index in [-0.39, 0.29) is 5.41 Å². The molecule has 3 heteroatoms. The quantitative estimate of drug-likeness (QED) is 0.848. The van der Waals surface area contributed by atoms with Crippen LogP contribution >= 0.6 is 0 Å². The summed E-state index contributed by atoms with van der Waals surface area (Å²) >= 11 is 0. The van der Waals surface area contributed by atoms with Gasteiger partial charge in [-0.3, -0.25) is 0 Å². The van der Waals surface area contributed by atoms with Crippen molar-refractivity contribution in [3.63, 3.8) is 0 Å². The van der Waals surface area contributed by atoms with Crippen LogP contribution in [0, 0.1) is 11.3 Å². The Morgan fingerprint density at radius 3 is 2.30 bits per heavy atom. The molecule has 0 amide bonds. The second-order valence-electron chi connectivity index (χ2n) is 6.73. The second kappa shape index (κ2) is 6.98. The van der Waals surface area contributed by atoms with Crippen molar-refractivity contribution in [2.24, 2.45) is 11.3 Å². The lowest BCUT2D eigenvalue weighted by Gasteiger charge is -2.25. The van der Waals surface area contributed by atoms with Gasteiger partial charge < -0.3 is 14.6 Å². The summed E-state index contributed by atoms with van der Waals surface area (Å²) in [5, 5.41) is 10.5. The van der Waals surface area contributed by atoms with Crippen LogP contribution in [-0.4, -0.2) is 19.3 Å². The predicted molar refractivity (Wildman–Crippen MR) is 82.4 cm³/mol. The molecule has 2 atom stereocenters. The van der Waals surface area contributed by atoms with E-state index in [0.717, 1.165) is 24.2 Å². The minimum absolute atomic E-state index is 0.275. The molecule has 0 aromatic heterocycles. The van der Waals surface area contributed by atoms with Crippen molar-refractivity contribution in [1.29, 1.82) is 0 Å². The first kappa shape index (κ1) is 16.8. The van der Waals surface area contributed by atoms with Crippen molar-refractivity contribution in [1.82, 2.24) is 0 Å². The van der Waals surface area contributed by atoms with Gasteiger partial charge >= 0.3 is 0 Å².